The summed E-state index contributed by atoms with van der Waals surface area (Å²) in [5, 5.41) is 0.911. The van der Waals surface area contributed by atoms with Gasteiger partial charge in [-0.15, -0.1) is 0 Å². The molecule has 0 bridgehead atoms. The van der Waals surface area contributed by atoms with Crippen LogP contribution in [0.3, 0.4) is 0 Å². The molecule has 0 radical (unpaired) electrons. The van der Waals surface area contributed by atoms with Crippen LogP contribution in [0.4, 0.5) is 0 Å². The van der Waals surface area contributed by atoms with Gasteiger partial charge in [0, 0.05) is 10.5 Å². The molecule has 0 aromatic heterocycles. The lowest BCUT2D eigenvalue weighted by Crippen LogP contribution is -2.41. The zero-order chi connectivity index (χ0) is 22.5. The fraction of sp³-hybridized carbons (Fsp3) is 0.600. The maximum Gasteiger partial charge on any atom is 0.267 e. The Morgan fingerprint density at radius 1 is 1.09 bits per heavy atom. The fourth-order valence-corrected chi connectivity index (χ4v) is 6.37. The Kier molecular flexibility index (Phi) is 8.22. The van der Waals surface area contributed by atoms with Crippen LogP contribution in [0.15, 0.2) is 26.5 Å². The lowest BCUT2D eigenvalue weighted by molar-refractivity contribution is -0.124. The summed E-state index contributed by atoms with van der Waals surface area (Å²) in [7, 11) is 1.64. The van der Waals surface area contributed by atoms with E-state index in [1.165, 1.54) is 38.5 Å². The lowest BCUT2D eigenvalue weighted by Gasteiger charge is -2.31. The number of thioether (sulfide) groups is 1. The van der Waals surface area contributed by atoms with Crippen LogP contribution < -0.4 is 9.47 Å². The number of amides is 1. The molecule has 2 aliphatic carbocycles. The molecule has 1 saturated heterocycles. The highest BCUT2D eigenvalue weighted by molar-refractivity contribution is 9.10. The molecular weight excluding hydrogens is 488 g/mol. The van der Waals surface area contributed by atoms with E-state index < -0.39 is 0 Å². The number of benzene rings is 1. The summed E-state index contributed by atoms with van der Waals surface area (Å²) in [6.07, 6.45) is 13.8. The third-order valence-electron chi connectivity index (χ3n) is 6.51. The third kappa shape index (κ3) is 5.36. The summed E-state index contributed by atoms with van der Waals surface area (Å²) in [5.74, 6) is 1.45. The second-order valence-corrected chi connectivity index (χ2v) is 10.6. The van der Waals surface area contributed by atoms with E-state index in [1.54, 1.807) is 18.9 Å². The maximum absolute atomic E-state index is 13.6. The molecule has 1 heterocycles. The first-order chi connectivity index (χ1) is 15.6. The zero-order valence-electron chi connectivity index (χ0n) is 19.1. The van der Waals surface area contributed by atoms with Crippen LogP contribution in [0.1, 0.15) is 76.7 Å². The Hall–Kier alpha value is -1.47. The van der Waals surface area contributed by atoms with Crippen molar-refractivity contribution < 1.29 is 14.3 Å². The Morgan fingerprint density at radius 2 is 1.78 bits per heavy atom. The predicted octanol–water partition coefficient (Wildman–Crippen LogP) is 6.79. The highest BCUT2D eigenvalue weighted by Gasteiger charge is 2.39. The molecule has 1 amide bonds. The molecule has 4 rings (SSSR count). The standard InChI is InChI=1S/C25H33BrN2O3S/c1-3-31-22-16-20(26)17(14-21(22)30-2)15-23-24(29)28(19-12-8-5-9-13-19)25(32-23)27-18-10-6-4-7-11-18/h14-16,18-19H,3-13H2,1-2H3. The molecule has 5 nitrogen and oxygen atoms in total. The number of hydrogen-bond donors (Lipinski definition) is 0. The van der Waals surface area contributed by atoms with Crippen LogP contribution in [-0.4, -0.2) is 41.8 Å². The first-order valence-electron chi connectivity index (χ1n) is 11.9. The van der Waals surface area contributed by atoms with Gasteiger partial charge in [0.25, 0.3) is 5.91 Å². The van der Waals surface area contributed by atoms with Gasteiger partial charge >= 0.3 is 0 Å². The van der Waals surface area contributed by atoms with Crippen molar-refractivity contribution in [1.29, 1.82) is 0 Å². The minimum Gasteiger partial charge on any atom is -0.493 e. The number of carbonyl (C=O) groups excluding carboxylic acids is 1. The molecule has 3 aliphatic rings. The molecule has 0 atom stereocenters. The van der Waals surface area contributed by atoms with Gasteiger partial charge in [-0.25, -0.2) is 0 Å². The zero-order valence-corrected chi connectivity index (χ0v) is 21.5. The first-order valence-corrected chi connectivity index (χ1v) is 13.5. The average molecular weight is 522 g/mol. The SMILES string of the molecule is CCOc1cc(Br)c(C=C2SC(=NC3CCCCC3)N(C3CCCCC3)C2=O)cc1OC. The van der Waals surface area contributed by atoms with Crippen LogP contribution in [-0.2, 0) is 4.79 Å². The smallest absolute Gasteiger partial charge is 0.267 e. The van der Waals surface area contributed by atoms with E-state index in [0.717, 1.165) is 45.8 Å². The van der Waals surface area contributed by atoms with Crippen molar-refractivity contribution in [1.82, 2.24) is 4.90 Å². The molecule has 174 valence electrons. The summed E-state index contributed by atoms with van der Waals surface area (Å²) in [6.45, 7) is 2.51. The summed E-state index contributed by atoms with van der Waals surface area (Å²) in [6, 6.07) is 4.46. The summed E-state index contributed by atoms with van der Waals surface area (Å²) < 4.78 is 12.1. The van der Waals surface area contributed by atoms with Gasteiger partial charge in [0.1, 0.15) is 0 Å². The average Bonchev–Trinajstić information content (AvgIpc) is 3.11. The molecule has 1 aliphatic heterocycles. The van der Waals surface area contributed by atoms with E-state index in [0.29, 0.717) is 24.1 Å². The largest absolute Gasteiger partial charge is 0.493 e. The number of hydrogen-bond acceptors (Lipinski definition) is 5. The second-order valence-electron chi connectivity index (χ2n) is 8.74. The van der Waals surface area contributed by atoms with E-state index in [1.807, 2.05) is 30.0 Å². The molecular formula is C25H33BrN2O3S. The molecule has 0 spiro atoms. The van der Waals surface area contributed by atoms with E-state index in [9.17, 15) is 4.79 Å². The Morgan fingerprint density at radius 3 is 2.44 bits per heavy atom. The maximum atomic E-state index is 13.6. The normalized spacial score (nSPS) is 23.3. The number of aliphatic imine (C=N–C) groups is 1. The highest BCUT2D eigenvalue weighted by atomic mass is 79.9. The van der Waals surface area contributed by atoms with Gasteiger partial charge in [-0.2, -0.15) is 0 Å². The van der Waals surface area contributed by atoms with Crippen molar-refractivity contribution in [2.24, 2.45) is 4.99 Å². The van der Waals surface area contributed by atoms with Crippen LogP contribution in [0.25, 0.3) is 6.08 Å². The molecule has 0 unspecified atom stereocenters. The fourth-order valence-electron chi connectivity index (χ4n) is 4.83. The van der Waals surface area contributed by atoms with Crippen molar-refractivity contribution in [2.75, 3.05) is 13.7 Å². The number of rotatable bonds is 6. The van der Waals surface area contributed by atoms with Gasteiger partial charge < -0.3 is 9.47 Å². The number of nitrogens with zero attached hydrogens (tertiary/aromatic N) is 2. The number of halogens is 1. The predicted molar refractivity (Wildman–Crippen MR) is 135 cm³/mol. The number of methoxy groups -OCH3 is 1. The molecule has 1 aromatic carbocycles. The third-order valence-corrected chi connectivity index (χ3v) is 8.20. The van der Waals surface area contributed by atoms with Gasteiger partial charge in [-0.1, -0.05) is 54.5 Å². The minimum absolute atomic E-state index is 0.0937. The number of ether oxygens (including phenoxy) is 2. The summed E-state index contributed by atoms with van der Waals surface area (Å²) in [4.78, 5) is 21.4. The molecule has 0 N–H and O–H groups in total. The molecule has 7 heteroatoms. The van der Waals surface area contributed by atoms with Crippen molar-refractivity contribution >= 4 is 44.8 Å². The molecule has 3 fully saturated rings. The van der Waals surface area contributed by atoms with E-state index in [4.69, 9.17) is 14.5 Å². The summed E-state index contributed by atoms with van der Waals surface area (Å²) >= 11 is 5.19. The number of carbonyl (C=O) groups is 1. The second kappa shape index (κ2) is 11.1. The van der Waals surface area contributed by atoms with Gasteiger partial charge in [0.2, 0.25) is 0 Å². The Labute approximate surface area is 204 Å². The van der Waals surface area contributed by atoms with Crippen molar-refractivity contribution in [2.45, 2.75) is 83.2 Å². The highest BCUT2D eigenvalue weighted by Crippen LogP contribution is 2.41. The van der Waals surface area contributed by atoms with Crippen molar-refractivity contribution in [3.63, 3.8) is 0 Å². The van der Waals surface area contributed by atoms with E-state index >= 15 is 0 Å². The minimum atomic E-state index is 0.0937. The monoisotopic (exact) mass is 520 g/mol. The topological polar surface area (TPSA) is 51.1 Å². The van der Waals surface area contributed by atoms with E-state index in [2.05, 4.69) is 15.9 Å². The number of amidine groups is 1. The first kappa shape index (κ1) is 23.7. The van der Waals surface area contributed by atoms with Gasteiger partial charge in [-0.3, -0.25) is 14.7 Å². The van der Waals surface area contributed by atoms with Crippen LogP contribution >= 0.6 is 27.7 Å². The van der Waals surface area contributed by atoms with Gasteiger partial charge in [-0.05, 0) is 68.1 Å². The Bertz CT molecular complexity index is 889. The van der Waals surface area contributed by atoms with Crippen LogP contribution in [0.2, 0.25) is 0 Å². The van der Waals surface area contributed by atoms with Crippen LogP contribution in [0, 0.1) is 0 Å². The summed E-state index contributed by atoms with van der Waals surface area (Å²) in [5.41, 5.74) is 0.906. The van der Waals surface area contributed by atoms with E-state index in [-0.39, 0.29) is 11.9 Å². The lowest BCUT2D eigenvalue weighted by atomic mass is 9.94. The molecule has 2 saturated carbocycles. The van der Waals surface area contributed by atoms with Crippen LogP contribution in [0.5, 0.6) is 11.5 Å². The van der Waals surface area contributed by atoms with Gasteiger partial charge in [0.15, 0.2) is 16.7 Å². The quantitative estimate of drug-likeness (QED) is 0.387. The molecule has 1 aromatic rings. The van der Waals surface area contributed by atoms with Crippen molar-refractivity contribution in [3.05, 3.63) is 27.1 Å². The Balaban J connectivity index is 1.66. The van der Waals surface area contributed by atoms with Gasteiger partial charge in [0.05, 0.1) is 24.7 Å². The molecule has 32 heavy (non-hydrogen) atoms. The van der Waals surface area contributed by atoms with Crippen molar-refractivity contribution in [3.8, 4) is 11.5 Å².